The summed E-state index contributed by atoms with van der Waals surface area (Å²) in [5.74, 6) is 2.00. The van der Waals surface area contributed by atoms with Gasteiger partial charge in [0.1, 0.15) is 17.0 Å². The first-order valence-corrected chi connectivity index (χ1v) is 13.4. The molecule has 10 heteroatoms. The Morgan fingerprint density at radius 2 is 1.83 bits per heavy atom. The summed E-state index contributed by atoms with van der Waals surface area (Å²) in [6.45, 7) is 8.12. The first-order chi connectivity index (χ1) is 17.0. The van der Waals surface area contributed by atoms with Crippen LogP contribution in [0.5, 0.6) is 11.5 Å². The summed E-state index contributed by atoms with van der Waals surface area (Å²) in [6.07, 6.45) is 4.55. The Labute approximate surface area is 216 Å². The molecule has 188 valence electrons. The first-order valence-electron chi connectivity index (χ1n) is 11.8. The number of nitrogens with one attached hydrogen (secondary N) is 1. The second-order valence-electron chi connectivity index (χ2n) is 8.52. The van der Waals surface area contributed by atoms with Crippen LogP contribution in [-0.4, -0.2) is 91.5 Å². The summed E-state index contributed by atoms with van der Waals surface area (Å²) >= 11 is 8.35. The van der Waals surface area contributed by atoms with Crippen LogP contribution in [0.15, 0.2) is 23.5 Å². The van der Waals surface area contributed by atoms with Crippen LogP contribution in [0.3, 0.4) is 0 Å². The molecule has 0 saturated carbocycles. The lowest BCUT2D eigenvalue weighted by Gasteiger charge is -2.32. The number of benzene rings is 1. The van der Waals surface area contributed by atoms with E-state index in [0.717, 1.165) is 85.0 Å². The van der Waals surface area contributed by atoms with Crippen molar-refractivity contribution in [2.45, 2.75) is 18.5 Å². The van der Waals surface area contributed by atoms with Crippen molar-refractivity contribution < 1.29 is 9.47 Å². The van der Waals surface area contributed by atoms with Gasteiger partial charge in [-0.25, -0.2) is 15.0 Å². The van der Waals surface area contributed by atoms with Gasteiger partial charge in [-0.1, -0.05) is 30.3 Å². The molecule has 3 heterocycles. The van der Waals surface area contributed by atoms with Gasteiger partial charge in [-0.3, -0.25) is 4.90 Å². The third-order valence-corrected chi connectivity index (χ3v) is 7.33. The molecule has 1 aromatic carbocycles. The monoisotopic (exact) mass is 516 g/mol. The SMILES string of the molecule is CCc1c(OC)cc(OC)c(Cl)c1-c1cc2cnc(SC)nc2c(NCCN2CCN(C)CC2)n1. The summed E-state index contributed by atoms with van der Waals surface area (Å²) in [5.41, 5.74) is 3.33. The molecule has 1 saturated heterocycles. The minimum atomic E-state index is 0.516. The van der Waals surface area contributed by atoms with E-state index in [1.165, 1.54) is 11.8 Å². The second-order valence-corrected chi connectivity index (χ2v) is 9.68. The molecule has 1 N–H and O–H groups in total. The summed E-state index contributed by atoms with van der Waals surface area (Å²) in [6, 6.07) is 3.82. The highest BCUT2D eigenvalue weighted by atomic mass is 35.5. The van der Waals surface area contributed by atoms with Gasteiger partial charge >= 0.3 is 0 Å². The van der Waals surface area contributed by atoms with Crippen molar-refractivity contribution in [1.29, 1.82) is 0 Å². The van der Waals surface area contributed by atoms with E-state index < -0.39 is 0 Å². The van der Waals surface area contributed by atoms with E-state index in [9.17, 15) is 0 Å². The molecular formula is C25H33ClN6O2S. The molecule has 0 unspecified atom stereocenters. The van der Waals surface area contributed by atoms with Crippen molar-refractivity contribution >= 4 is 40.1 Å². The number of ether oxygens (including phenoxy) is 2. The molecule has 1 aliphatic rings. The van der Waals surface area contributed by atoms with Gasteiger partial charge in [0.2, 0.25) is 0 Å². The fraction of sp³-hybridized carbons (Fsp3) is 0.480. The fourth-order valence-corrected chi connectivity index (χ4v) is 5.06. The number of fused-ring (bicyclic) bond motifs is 1. The average Bonchev–Trinajstić information content (AvgIpc) is 2.88. The summed E-state index contributed by atoms with van der Waals surface area (Å²) in [5, 5.41) is 5.68. The Hall–Kier alpha value is -2.33. The van der Waals surface area contributed by atoms with Gasteiger partial charge in [0.25, 0.3) is 0 Å². The zero-order chi connectivity index (χ0) is 24.9. The molecule has 0 radical (unpaired) electrons. The van der Waals surface area contributed by atoms with Crippen LogP contribution >= 0.6 is 23.4 Å². The quantitative estimate of drug-likeness (QED) is 0.331. The van der Waals surface area contributed by atoms with Gasteiger partial charge in [0.05, 0.1) is 24.9 Å². The Morgan fingerprint density at radius 3 is 2.49 bits per heavy atom. The number of likely N-dealkylation sites (N-methyl/N-ethyl adjacent to an activating group) is 1. The highest BCUT2D eigenvalue weighted by molar-refractivity contribution is 7.98. The van der Waals surface area contributed by atoms with E-state index >= 15 is 0 Å². The minimum absolute atomic E-state index is 0.516. The topological polar surface area (TPSA) is 75.6 Å². The number of anilines is 1. The normalized spacial score (nSPS) is 14.9. The first kappa shape index (κ1) is 25.8. The Kier molecular flexibility index (Phi) is 8.54. The molecule has 1 fully saturated rings. The number of aromatic nitrogens is 3. The largest absolute Gasteiger partial charge is 0.496 e. The zero-order valence-electron chi connectivity index (χ0n) is 21.0. The van der Waals surface area contributed by atoms with E-state index in [0.29, 0.717) is 15.9 Å². The number of thioether (sulfide) groups is 1. The molecule has 0 amide bonds. The van der Waals surface area contributed by atoms with Crippen molar-refractivity contribution in [2.75, 3.05) is 72.1 Å². The summed E-state index contributed by atoms with van der Waals surface area (Å²) < 4.78 is 11.2. The highest BCUT2D eigenvalue weighted by Crippen LogP contribution is 2.44. The smallest absolute Gasteiger partial charge is 0.187 e. The molecule has 2 aromatic heterocycles. The van der Waals surface area contributed by atoms with Gasteiger partial charge in [-0.15, -0.1) is 0 Å². The number of hydrogen-bond donors (Lipinski definition) is 1. The maximum Gasteiger partial charge on any atom is 0.187 e. The third-order valence-electron chi connectivity index (χ3n) is 6.39. The van der Waals surface area contributed by atoms with E-state index in [-0.39, 0.29) is 0 Å². The molecule has 8 nitrogen and oxygen atoms in total. The summed E-state index contributed by atoms with van der Waals surface area (Å²) in [4.78, 5) is 19.1. The zero-order valence-corrected chi connectivity index (χ0v) is 22.6. The van der Waals surface area contributed by atoms with Crippen molar-refractivity contribution in [2.24, 2.45) is 0 Å². The van der Waals surface area contributed by atoms with Crippen LogP contribution in [-0.2, 0) is 6.42 Å². The fourth-order valence-electron chi connectivity index (χ4n) is 4.37. The highest BCUT2D eigenvalue weighted by Gasteiger charge is 2.22. The number of hydrogen-bond acceptors (Lipinski definition) is 9. The minimum Gasteiger partial charge on any atom is -0.496 e. The number of pyridine rings is 1. The maximum absolute atomic E-state index is 6.84. The molecule has 35 heavy (non-hydrogen) atoms. The van der Waals surface area contributed by atoms with Gasteiger partial charge in [0, 0.05) is 68.0 Å². The van der Waals surface area contributed by atoms with Gasteiger partial charge in [-0.05, 0) is 25.8 Å². The lowest BCUT2D eigenvalue weighted by atomic mass is 9.99. The van der Waals surface area contributed by atoms with Gasteiger partial charge in [-0.2, -0.15) is 0 Å². The van der Waals surface area contributed by atoms with E-state index in [1.807, 2.05) is 24.6 Å². The predicted molar refractivity (Wildman–Crippen MR) is 144 cm³/mol. The van der Waals surface area contributed by atoms with Crippen molar-refractivity contribution in [3.05, 3.63) is 28.9 Å². The third kappa shape index (κ3) is 5.58. The second kappa shape index (κ2) is 11.6. The number of rotatable bonds is 9. The Balaban J connectivity index is 1.76. The summed E-state index contributed by atoms with van der Waals surface area (Å²) in [7, 11) is 5.43. The lowest BCUT2D eigenvalue weighted by Crippen LogP contribution is -2.45. The molecule has 0 bridgehead atoms. The van der Waals surface area contributed by atoms with Gasteiger partial charge < -0.3 is 19.7 Å². The number of piperazine rings is 1. The van der Waals surface area contributed by atoms with Crippen molar-refractivity contribution in [3.63, 3.8) is 0 Å². The predicted octanol–water partition coefficient (Wildman–Crippen LogP) is 4.31. The molecule has 0 spiro atoms. The molecule has 0 aliphatic carbocycles. The molecule has 1 aliphatic heterocycles. The molecule has 4 rings (SSSR count). The Bertz CT molecular complexity index is 1190. The van der Waals surface area contributed by atoms with E-state index in [4.69, 9.17) is 31.0 Å². The van der Waals surface area contributed by atoms with Gasteiger partial charge in [0.15, 0.2) is 11.0 Å². The molecule has 0 atom stereocenters. The van der Waals surface area contributed by atoms with Crippen LogP contribution in [0, 0.1) is 0 Å². The van der Waals surface area contributed by atoms with Crippen molar-refractivity contribution in [3.8, 4) is 22.8 Å². The van der Waals surface area contributed by atoms with Crippen LogP contribution in [0.25, 0.3) is 22.2 Å². The van der Waals surface area contributed by atoms with Crippen LogP contribution < -0.4 is 14.8 Å². The number of halogens is 1. The standard InChI is InChI=1S/C25H33ClN6O2S/c1-6-17-19(33-3)14-20(34-4)22(26)21(17)18-13-16-15-28-25(35-5)30-23(16)24(29-18)27-7-8-32-11-9-31(2)10-12-32/h13-15H,6-12H2,1-5H3,(H,27,29). The maximum atomic E-state index is 6.84. The van der Waals surface area contributed by atoms with E-state index in [2.05, 4.69) is 34.1 Å². The number of methoxy groups -OCH3 is 2. The average molecular weight is 517 g/mol. The van der Waals surface area contributed by atoms with Crippen LogP contribution in [0.4, 0.5) is 5.82 Å². The molecular weight excluding hydrogens is 484 g/mol. The van der Waals surface area contributed by atoms with Crippen LogP contribution in [0.1, 0.15) is 12.5 Å². The molecule has 3 aromatic rings. The lowest BCUT2D eigenvalue weighted by molar-refractivity contribution is 0.158. The van der Waals surface area contributed by atoms with E-state index in [1.54, 1.807) is 14.2 Å². The van der Waals surface area contributed by atoms with Crippen LogP contribution in [0.2, 0.25) is 5.02 Å². The number of nitrogens with zero attached hydrogens (tertiary/aromatic N) is 5. The Morgan fingerprint density at radius 1 is 1.09 bits per heavy atom. The van der Waals surface area contributed by atoms with Crippen molar-refractivity contribution in [1.82, 2.24) is 24.8 Å².